The van der Waals surface area contributed by atoms with Crippen LogP contribution in [-0.4, -0.2) is 47.6 Å². The molecule has 2 heterocycles. The molecular weight excluding hydrogens is 346 g/mol. The standard InChI is InChI=1S/C23H35N5/c1-7-27-11-13-28(14-12-27)21-15-18(6)24-23(25-21)26-22-19(16(2)3)9-8-10-20(22)17(4)5/h8-10,15-17H,7,11-14H2,1-6H3,(H,24,25,26). The molecule has 0 aliphatic carbocycles. The topological polar surface area (TPSA) is 44.3 Å². The maximum Gasteiger partial charge on any atom is 0.229 e. The monoisotopic (exact) mass is 381 g/mol. The van der Waals surface area contributed by atoms with Crippen molar-refractivity contribution in [1.29, 1.82) is 0 Å². The van der Waals surface area contributed by atoms with Crippen molar-refractivity contribution in [3.8, 4) is 0 Å². The van der Waals surface area contributed by atoms with E-state index >= 15 is 0 Å². The number of nitrogens with zero attached hydrogens (tertiary/aromatic N) is 4. The second kappa shape index (κ2) is 8.91. The summed E-state index contributed by atoms with van der Waals surface area (Å²) in [4.78, 5) is 14.4. The van der Waals surface area contributed by atoms with Crippen LogP contribution >= 0.6 is 0 Å². The van der Waals surface area contributed by atoms with Crippen molar-refractivity contribution < 1.29 is 0 Å². The minimum absolute atomic E-state index is 0.438. The van der Waals surface area contributed by atoms with Crippen molar-refractivity contribution in [3.63, 3.8) is 0 Å². The normalized spacial score (nSPS) is 15.5. The van der Waals surface area contributed by atoms with E-state index in [-0.39, 0.29) is 0 Å². The third-order valence-electron chi connectivity index (χ3n) is 5.59. The van der Waals surface area contributed by atoms with Crippen LogP contribution in [0.3, 0.4) is 0 Å². The Balaban J connectivity index is 1.91. The van der Waals surface area contributed by atoms with Gasteiger partial charge in [-0.25, -0.2) is 4.98 Å². The van der Waals surface area contributed by atoms with Crippen LogP contribution in [0.15, 0.2) is 24.3 Å². The Hall–Kier alpha value is -2.14. The lowest BCUT2D eigenvalue weighted by atomic mass is 9.93. The minimum Gasteiger partial charge on any atom is -0.354 e. The molecule has 3 rings (SSSR count). The molecule has 0 bridgehead atoms. The fourth-order valence-corrected chi connectivity index (χ4v) is 3.87. The molecular formula is C23H35N5. The van der Waals surface area contributed by atoms with E-state index < -0.39 is 0 Å². The number of rotatable bonds is 6. The van der Waals surface area contributed by atoms with E-state index in [9.17, 15) is 0 Å². The molecule has 2 aromatic rings. The smallest absolute Gasteiger partial charge is 0.229 e. The molecule has 1 fully saturated rings. The average Bonchev–Trinajstić information content (AvgIpc) is 2.67. The molecule has 1 aliphatic heterocycles. The maximum atomic E-state index is 4.89. The maximum absolute atomic E-state index is 4.89. The molecule has 1 N–H and O–H groups in total. The van der Waals surface area contributed by atoms with Gasteiger partial charge in [0, 0.05) is 43.6 Å². The Labute approximate surface area is 170 Å². The average molecular weight is 382 g/mol. The fraction of sp³-hybridized carbons (Fsp3) is 0.565. The highest BCUT2D eigenvalue weighted by molar-refractivity contribution is 5.66. The summed E-state index contributed by atoms with van der Waals surface area (Å²) in [5, 5.41) is 3.58. The van der Waals surface area contributed by atoms with Gasteiger partial charge in [-0.05, 0) is 36.4 Å². The molecule has 1 aliphatic rings. The second-order valence-electron chi connectivity index (χ2n) is 8.36. The lowest BCUT2D eigenvalue weighted by Gasteiger charge is -2.35. The third kappa shape index (κ3) is 4.64. The largest absolute Gasteiger partial charge is 0.354 e. The van der Waals surface area contributed by atoms with Gasteiger partial charge in [-0.15, -0.1) is 0 Å². The highest BCUT2D eigenvalue weighted by atomic mass is 15.3. The van der Waals surface area contributed by atoms with Crippen LogP contribution < -0.4 is 10.2 Å². The first kappa shape index (κ1) is 20.6. The van der Waals surface area contributed by atoms with Crippen molar-refractivity contribution in [2.24, 2.45) is 0 Å². The summed E-state index contributed by atoms with van der Waals surface area (Å²) in [6.07, 6.45) is 0. The van der Waals surface area contributed by atoms with E-state index in [4.69, 9.17) is 9.97 Å². The van der Waals surface area contributed by atoms with Crippen LogP contribution in [-0.2, 0) is 0 Å². The Kier molecular flexibility index (Phi) is 6.55. The number of anilines is 3. The first-order chi connectivity index (χ1) is 13.4. The molecule has 1 aromatic heterocycles. The molecule has 0 saturated carbocycles. The molecule has 0 unspecified atom stereocenters. The number of aromatic nitrogens is 2. The molecule has 0 atom stereocenters. The van der Waals surface area contributed by atoms with E-state index in [0.29, 0.717) is 17.8 Å². The van der Waals surface area contributed by atoms with Gasteiger partial charge in [-0.1, -0.05) is 52.8 Å². The van der Waals surface area contributed by atoms with Crippen molar-refractivity contribution >= 4 is 17.5 Å². The summed E-state index contributed by atoms with van der Waals surface area (Å²) < 4.78 is 0. The summed E-state index contributed by atoms with van der Waals surface area (Å²) in [6, 6.07) is 8.68. The quantitative estimate of drug-likeness (QED) is 0.769. The van der Waals surface area contributed by atoms with E-state index in [0.717, 1.165) is 44.2 Å². The van der Waals surface area contributed by atoms with Gasteiger partial charge in [-0.2, -0.15) is 4.98 Å². The van der Waals surface area contributed by atoms with Gasteiger partial charge in [0.25, 0.3) is 0 Å². The zero-order valence-corrected chi connectivity index (χ0v) is 18.3. The number of hydrogen-bond acceptors (Lipinski definition) is 5. The predicted octanol–water partition coefficient (Wildman–Crippen LogP) is 4.92. The van der Waals surface area contributed by atoms with Gasteiger partial charge in [0.1, 0.15) is 5.82 Å². The van der Waals surface area contributed by atoms with Crippen molar-refractivity contribution in [1.82, 2.24) is 14.9 Å². The second-order valence-corrected chi connectivity index (χ2v) is 8.36. The fourth-order valence-electron chi connectivity index (χ4n) is 3.87. The molecule has 1 saturated heterocycles. The van der Waals surface area contributed by atoms with Crippen molar-refractivity contribution in [2.75, 3.05) is 42.9 Å². The summed E-state index contributed by atoms with van der Waals surface area (Å²) in [7, 11) is 0. The lowest BCUT2D eigenvalue weighted by molar-refractivity contribution is 0.270. The zero-order chi connectivity index (χ0) is 20.3. The van der Waals surface area contributed by atoms with Crippen molar-refractivity contribution in [3.05, 3.63) is 41.1 Å². The molecule has 152 valence electrons. The van der Waals surface area contributed by atoms with Gasteiger partial charge in [0.05, 0.1) is 0 Å². The van der Waals surface area contributed by atoms with Crippen LogP contribution in [0.4, 0.5) is 17.5 Å². The van der Waals surface area contributed by atoms with E-state index in [1.165, 1.54) is 16.8 Å². The van der Waals surface area contributed by atoms with E-state index in [2.05, 4.69) is 80.9 Å². The van der Waals surface area contributed by atoms with Crippen LogP contribution in [0.1, 0.15) is 63.3 Å². The molecule has 0 radical (unpaired) electrons. The summed E-state index contributed by atoms with van der Waals surface area (Å²) >= 11 is 0. The molecule has 5 nitrogen and oxygen atoms in total. The molecule has 28 heavy (non-hydrogen) atoms. The number of aryl methyl sites for hydroxylation is 1. The third-order valence-corrected chi connectivity index (χ3v) is 5.59. The lowest BCUT2D eigenvalue weighted by Crippen LogP contribution is -2.46. The summed E-state index contributed by atoms with van der Waals surface area (Å²) in [6.45, 7) is 18.6. The van der Waals surface area contributed by atoms with Gasteiger partial charge in [0.2, 0.25) is 5.95 Å². The Bertz CT molecular complexity index is 765. The minimum atomic E-state index is 0.438. The highest BCUT2D eigenvalue weighted by Crippen LogP contribution is 2.34. The number of benzene rings is 1. The first-order valence-electron chi connectivity index (χ1n) is 10.6. The van der Waals surface area contributed by atoms with Crippen LogP contribution in [0.25, 0.3) is 0 Å². The Morgan fingerprint density at radius 3 is 2.11 bits per heavy atom. The van der Waals surface area contributed by atoms with Crippen LogP contribution in [0.2, 0.25) is 0 Å². The van der Waals surface area contributed by atoms with Crippen LogP contribution in [0.5, 0.6) is 0 Å². The van der Waals surface area contributed by atoms with Crippen molar-refractivity contribution in [2.45, 2.75) is 53.4 Å². The molecule has 0 spiro atoms. The van der Waals surface area contributed by atoms with E-state index in [1.807, 2.05) is 0 Å². The number of para-hydroxylation sites is 1. The number of nitrogens with one attached hydrogen (secondary N) is 1. The van der Waals surface area contributed by atoms with Crippen LogP contribution in [0, 0.1) is 6.92 Å². The zero-order valence-electron chi connectivity index (χ0n) is 18.3. The molecule has 0 amide bonds. The number of likely N-dealkylation sites (N-methyl/N-ethyl adjacent to an activating group) is 1. The van der Waals surface area contributed by atoms with Gasteiger partial charge < -0.3 is 15.1 Å². The summed E-state index contributed by atoms with van der Waals surface area (Å²) in [5.41, 5.74) is 4.79. The van der Waals surface area contributed by atoms with E-state index in [1.54, 1.807) is 0 Å². The highest BCUT2D eigenvalue weighted by Gasteiger charge is 2.19. The van der Waals surface area contributed by atoms with Gasteiger partial charge in [0.15, 0.2) is 0 Å². The number of hydrogen-bond donors (Lipinski definition) is 1. The summed E-state index contributed by atoms with van der Waals surface area (Å²) in [5.74, 6) is 2.60. The molecule has 1 aromatic carbocycles. The first-order valence-corrected chi connectivity index (χ1v) is 10.6. The van der Waals surface area contributed by atoms with Gasteiger partial charge in [-0.3, -0.25) is 0 Å². The Morgan fingerprint density at radius 2 is 1.57 bits per heavy atom. The Morgan fingerprint density at radius 1 is 0.964 bits per heavy atom. The predicted molar refractivity (Wildman–Crippen MR) is 119 cm³/mol. The number of piperazine rings is 1. The molecule has 5 heteroatoms. The SMILES string of the molecule is CCN1CCN(c2cc(C)nc(Nc3c(C(C)C)cccc3C(C)C)n2)CC1. The van der Waals surface area contributed by atoms with Gasteiger partial charge >= 0.3 is 0 Å².